The molecule has 0 aromatic heterocycles. The first-order valence-electron chi connectivity index (χ1n) is 27.6. The number of unbranched alkanes of at least 4 members (excludes halogenated alkanes) is 2. The fourth-order valence-electron chi connectivity index (χ4n) is 10.6. The Balaban J connectivity index is 1.23. The molecule has 426 valence electrons. The van der Waals surface area contributed by atoms with E-state index in [-0.39, 0.29) is 126 Å². The zero-order valence-electron chi connectivity index (χ0n) is 44.3. The minimum atomic E-state index is -1.39. The molecule has 8 bridgehead atoms. The van der Waals surface area contributed by atoms with Crippen molar-refractivity contribution in [3.63, 3.8) is 0 Å². The Morgan fingerprint density at radius 2 is 1.09 bits per heavy atom. The first-order chi connectivity index (χ1) is 37.2. The second kappa shape index (κ2) is 30.8. The first kappa shape index (κ1) is 60.2. The minimum Gasteiger partial charge on any atom is -0.507 e. The van der Waals surface area contributed by atoms with E-state index in [4.69, 9.17) is 5.73 Å². The van der Waals surface area contributed by atoms with Crippen LogP contribution in [-0.4, -0.2) is 219 Å². The number of hydrogen-bond acceptors (Lipinski definition) is 16. The summed E-state index contributed by atoms with van der Waals surface area (Å²) < 4.78 is 0. The molecule has 24 heteroatoms. The first-order valence-corrected chi connectivity index (χ1v) is 27.6. The highest BCUT2D eigenvalue weighted by atomic mass is 16.3. The van der Waals surface area contributed by atoms with Crippen molar-refractivity contribution in [2.75, 3.05) is 118 Å². The predicted molar refractivity (Wildman–Crippen MR) is 284 cm³/mol. The Labute approximate surface area is 450 Å². The molecule has 3 heterocycles. The number of hydrogen-bond donors (Lipinski definition) is 13. The van der Waals surface area contributed by atoms with Crippen LogP contribution in [0.15, 0.2) is 57.9 Å². The van der Waals surface area contributed by atoms with Gasteiger partial charge in [0.2, 0.25) is 35.4 Å². The number of rotatable bonds is 10. The second-order valence-corrected chi connectivity index (χ2v) is 20.4. The SMILES string of the molecule is NCCCCCNC(=O)C1=CCC[C@H](C(=O)NCCN2CCNC(=O)[C@@H]3CCC=C(C(=O)NCCN4CCNC(=O)C5=CCCC(=C5O)C(=O)NCCN(CCNC(=O)[C@H]5CCC=C(C(=O)NCC4)C5O)CC2)C3O)C1O. The Kier molecular flexibility index (Phi) is 24.1. The molecule has 0 radical (unpaired) electrons. The van der Waals surface area contributed by atoms with E-state index >= 15 is 0 Å². The summed E-state index contributed by atoms with van der Waals surface area (Å²) in [6.45, 7) is 4.16. The van der Waals surface area contributed by atoms with Crippen molar-refractivity contribution in [2.45, 2.75) is 88.9 Å². The van der Waals surface area contributed by atoms with Gasteiger partial charge in [-0.25, -0.2) is 0 Å². The summed E-state index contributed by atoms with van der Waals surface area (Å²) in [6.07, 6.45) is 7.46. The fourth-order valence-corrected chi connectivity index (χ4v) is 10.6. The highest BCUT2D eigenvalue weighted by Gasteiger charge is 2.38. The molecule has 77 heavy (non-hydrogen) atoms. The largest absolute Gasteiger partial charge is 0.507 e. The maximum Gasteiger partial charge on any atom is 0.254 e. The monoisotopic (exact) mass is 1080 g/mol. The molecule has 24 nitrogen and oxygen atoms in total. The van der Waals surface area contributed by atoms with Crippen molar-refractivity contribution in [1.82, 2.24) is 57.2 Å². The molecule has 0 aromatic carbocycles. The van der Waals surface area contributed by atoms with Crippen LogP contribution in [0.1, 0.15) is 70.6 Å². The van der Waals surface area contributed by atoms with Gasteiger partial charge in [0.15, 0.2) is 0 Å². The zero-order chi connectivity index (χ0) is 55.3. The van der Waals surface area contributed by atoms with Gasteiger partial charge in [-0.1, -0.05) is 30.7 Å². The molecule has 14 N–H and O–H groups in total. The molecule has 5 unspecified atom stereocenters. The van der Waals surface area contributed by atoms with E-state index in [1.807, 2.05) is 14.7 Å². The molecule has 4 aliphatic carbocycles. The lowest BCUT2D eigenvalue weighted by Gasteiger charge is -2.30. The normalized spacial score (nSPS) is 28.6. The maximum absolute atomic E-state index is 13.7. The summed E-state index contributed by atoms with van der Waals surface area (Å²) in [4.78, 5) is 114. The third kappa shape index (κ3) is 17.5. The molecule has 8 amide bonds. The number of allylic oxidation sites excluding steroid dienone is 4. The van der Waals surface area contributed by atoms with Gasteiger partial charge in [0.05, 0.1) is 47.2 Å². The summed E-state index contributed by atoms with van der Waals surface area (Å²) in [5.74, 6) is -7.07. The van der Waals surface area contributed by atoms with E-state index in [0.717, 1.165) is 19.3 Å². The number of aliphatic hydroxyl groups excluding tert-OH is 4. The number of nitrogens with zero attached hydrogens (tertiary/aromatic N) is 3. The summed E-state index contributed by atoms with van der Waals surface area (Å²) in [7, 11) is 0. The van der Waals surface area contributed by atoms with E-state index in [1.54, 1.807) is 24.3 Å². The summed E-state index contributed by atoms with van der Waals surface area (Å²) >= 11 is 0. The topological polar surface area (TPSA) is 349 Å². The molecule has 7 rings (SSSR count). The average Bonchev–Trinajstić information content (AvgIpc) is 3.41. The third-order valence-electron chi connectivity index (χ3n) is 15.2. The number of fused-ring (bicyclic) bond motifs is 21. The van der Waals surface area contributed by atoms with Gasteiger partial charge in [0.25, 0.3) is 11.8 Å². The summed E-state index contributed by atoms with van der Waals surface area (Å²) in [6, 6.07) is 0. The molecule has 0 saturated carbocycles. The molecule has 0 aromatic rings. The van der Waals surface area contributed by atoms with Gasteiger partial charge in [-0.3, -0.25) is 53.1 Å². The quantitative estimate of drug-likeness (QED) is 0.0949. The lowest BCUT2D eigenvalue weighted by atomic mass is 9.84. The van der Waals surface area contributed by atoms with Crippen molar-refractivity contribution in [3.05, 3.63) is 57.9 Å². The summed E-state index contributed by atoms with van der Waals surface area (Å²) in [5, 5.41) is 68.2. The van der Waals surface area contributed by atoms with Gasteiger partial charge >= 0.3 is 0 Å². The van der Waals surface area contributed by atoms with E-state index in [2.05, 4.69) is 42.5 Å². The highest BCUT2D eigenvalue weighted by molar-refractivity contribution is 6.03. The third-order valence-corrected chi connectivity index (χ3v) is 15.2. The van der Waals surface area contributed by atoms with Gasteiger partial charge in [-0.05, 0) is 70.8 Å². The van der Waals surface area contributed by atoms with Crippen molar-refractivity contribution >= 4 is 47.3 Å². The number of aliphatic hydroxyl groups is 4. The van der Waals surface area contributed by atoms with Gasteiger partial charge in [-0.2, -0.15) is 0 Å². The highest BCUT2D eigenvalue weighted by Crippen LogP contribution is 2.28. The number of amides is 8. The zero-order valence-corrected chi connectivity index (χ0v) is 44.3. The number of nitrogens with two attached hydrogens (primary N) is 1. The lowest BCUT2D eigenvalue weighted by Crippen LogP contribution is -2.49. The van der Waals surface area contributed by atoms with Crippen LogP contribution in [0.4, 0.5) is 0 Å². The molecular weight excluding hydrogens is 997 g/mol. The molecule has 0 spiro atoms. The molecule has 3 aliphatic heterocycles. The average molecular weight is 1080 g/mol. The maximum atomic E-state index is 13.7. The predicted octanol–water partition coefficient (Wildman–Crippen LogP) is -3.40. The molecule has 1 saturated heterocycles. The summed E-state index contributed by atoms with van der Waals surface area (Å²) in [5.41, 5.74) is 5.88. The minimum absolute atomic E-state index is 0.0413. The number of carbonyl (C=O) groups is 8. The molecule has 7 aliphatic rings. The van der Waals surface area contributed by atoms with Crippen LogP contribution in [0.5, 0.6) is 0 Å². The van der Waals surface area contributed by atoms with Crippen LogP contribution in [0, 0.1) is 17.8 Å². The van der Waals surface area contributed by atoms with Crippen LogP contribution < -0.4 is 48.3 Å². The van der Waals surface area contributed by atoms with Crippen molar-refractivity contribution in [3.8, 4) is 0 Å². The van der Waals surface area contributed by atoms with Gasteiger partial charge in [0.1, 0.15) is 5.76 Å². The van der Waals surface area contributed by atoms with Crippen molar-refractivity contribution in [2.24, 2.45) is 23.5 Å². The van der Waals surface area contributed by atoms with Gasteiger partial charge in [0, 0.05) is 128 Å². The van der Waals surface area contributed by atoms with Crippen molar-refractivity contribution in [1.29, 1.82) is 0 Å². The van der Waals surface area contributed by atoms with Crippen LogP contribution in [0.2, 0.25) is 0 Å². The second-order valence-electron chi connectivity index (χ2n) is 20.4. The lowest BCUT2D eigenvalue weighted by molar-refractivity contribution is -0.130. The van der Waals surface area contributed by atoms with Gasteiger partial charge < -0.3 is 68.7 Å². The Bertz CT molecular complexity index is 2280. The van der Waals surface area contributed by atoms with Crippen molar-refractivity contribution < 1.29 is 58.8 Å². The Morgan fingerprint density at radius 3 is 1.69 bits per heavy atom. The van der Waals surface area contributed by atoms with E-state index in [9.17, 15) is 58.8 Å². The van der Waals surface area contributed by atoms with E-state index in [0.29, 0.717) is 71.1 Å². The van der Waals surface area contributed by atoms with E-state index < -0.39 is 89.1 Å². The molecule has 1 fully saturated rings. The number of carbonyl (C=O) groups excluding carboxylic acids is 8. The molecule has 8 atom stereocenters. The molecular formula is C53H82N12O12. The Hall–Kier alpha value is -6.02. The van der Waals surface area contributed by atoms with Crippen LogP contribution in [0.25, 0.3) is 0 Å². The smallest absolute Gasteiger partial charge is 0.254 e. The van der Waals surface area contributed by atoms with Crippen LogP contribution in [-0.2, 0) is 38.4 Å². The fraction of sp³-hybridized carbons (Fsp3) is 0.660. The number of nitrogens with one attached hydrogen (secondary N) is 8. The van der Waals surface area contributed by atoms with Crippen LogP contribution in [0.3, 0.4) is 0 Å². The van der Waals surface area contributed by atoms with Crippen LogP contribution >= 0.6 is 0 Å². The van der Waals surface area contributed by atoms with E-state index in [1.165, 1.54) is 0 Å². The van der Waals surface area contributed by atoms with Gasteiger partial charge in [-0.15, -0.1) is 0 Å². The Morgan fingerprint density at radius 1 is 0.558 bits per heavy atom. The standard InChI is InChI=1S/C53H82N12O12/c54-16-2-1-3-17-55-46(70)34-8-4-9-35(42(34)66)50(74)59-21-28-64-29-22-60-51(75)39-13-5-10-36(43(39)67)47(71)56-18-25-63-26-19-57-48(72)37-11-6-14-40(44(37)68)52(76)61-23-30-65(33-32-64)31-24-62-53(77)41-15-7-12-38(45(41)69)49(73)58-20-27-63/h8,10-12,35,39-40,42-44,66-69H,1-7,9,13-33,54H2,(H,55,70)(H,56,71)(H,57,72)(H,58,73)(H,59,74)(H,60,75)(H,61,76)(H,62,77)/t35-,39+,40-,42?,43?,44?/m0/s1.